The summed E-state index contributed by atoms with van der Waals surface area (Å²) in [7, 11) is 0. The van der Waals surface area contributed by atoms with Gasteiger partial charge in [0, 0.05) is 44.3 Å². The molecule has 2 atom stereocenters. The lowest BCUT2D eigenvalue weighted by Crippen LogP contribution is -2.57. The van der Waals surface area contributed by atoms with Gasteiger partial charge in [-0.15, -0.1) is 0 Å². The van der Waals surface area contributed by atoms with Gasteiger partial charge in [0.25, 0.3) is 11.8 Å². The van der Waals surface area contributed by atoms with Gasteiger partial charge in [-0.3, -0.25) is 19.3 Å². The highest BCUT2D eigenvalue weighted by Gasteiger charge is 2.39. The number of para-hydroxylation sites is 1. The monoisotopic (exact) mass is 433 g/mol. The molecule has 0 saturated carbocycles. The molecule has 32 heavy (non-hydrogen) atoms. The molecule has 168 valence electrons. The maximum atomic E-state index is 12.9. The molecule has 6 heteroatoms. The molecule has 2 unspecified atom stereocenters. The summed E-state index contributed by atoms with van der Waals surface area (Å²) in [5, 5.41) is 0. The highest BCUT2D eigenvalue weighted by atomic mass is 16.2. The summed E-state index contributed by atoms with van der Waals surface area (Å²) in [6.07, 6.45) is 0.467. The third-order valence-corrected chi connectivity index (χ3v) is 6.68. The van der Waals surface area contributed by atoms with E-state index < -0.39 is 0 Å². The first kappa shape index (κ1) is 22.2. The van der Waals surface area contributed by atoms with E-state index in [0.29, 0.717) is 30.6 Å². The minimum Gasteiger partial charge on any atom is -0.309 e. The lowest BCUT2D eigenvalue weighted by molar-refractivity contribution is -0.119. The number of hydrogen-bond acceptors (Lipinski definition) is 4. The van der Waals surface area contributed by atoms with Crippen molar-refractivity contribution in [1.29, 1.82) is 0 Å². The van der Waals surface area contributed by atoms with Crippen LogP contribution >= 0.6 is 0 Å². The van der Waals surface area contributed by atoms with Gasteiger partial charge >= 0.3 is 0 Å². The Bertz CT molecular complexity index is 959. The molecule has 0 aromatic heterocycles. The van der Waals surface area contributed by atoms with E-state index >= 15 is 0 Å². The molecular weight excluding hydrogens is 402 g/mol. The van der Waals surface area contributed by atoms with Crippen molar-refractivity contribution >= 4 is 23.4 Å². The zero-order chi connectivity index (χ0) is 22.8. The van der Waals surface area contributed by atoms with E-state index in [-0.39, 0.29) is 35.6 Å². The zero-order valence-corrected chi connectivity index (χ0v) is 19.0. The van der Waals surface area contributed by atoms with Gasteiger partial charge < -0.3 is 9.80 Å². The number of nitrogens with zero attached hydrogens (tertiary/aromatic N) is 3. The number of imide groups is 1. The topological polar surface area (TPSA) is 60.9 Å². The maximum absolute atomic E-state index is 12.9. The van der Waals surface area contributed by atoms with E-state index in [4.69, 9.17) is 0 Å². The van der Waals surface area contributed by atoms with Gasteiger partial charge in [0.15, 0.2) is 0 Å². The van der Waals surface area contributed by atoms with Crippen LogP contribution in [-0.2, 0) is 4.79 Å². The fraction of sp³-hybridized carbons (Fsp3) is 0.423. The van der Waals surface area contributed by atoms with Crippen LogP contribution in [0.15, 0.2) is 54.6 Å². The summed E-state index contributed by atoms with van der Waals surface area (Å²) < 4.78 is 0. The van der Waals surface area contributed by atoms with E-state index in [9.17, 15) is 14.4 Å². The summed E-state index contributed by atoms with van der Waals surface area (Å²) >= 11 is 0. The molecule has 3 amide bonds. The first-order valence-corrected chi connectivity index (χ1v) is 11.5. The van der Waals surface area contributed by atoms with Crippen LogP contribution < -0.4 is 4.90 Å². The Kier molecular flexibility index (Phi) is 6.42. The van der Waals surface area contributed by atoms with Crippen LogP contribution in [-0.4, -0.2) is 59.7 Å². The van der Waals surface area contributed by atoms with Gasteiger partial charge in [-0.1, -0.05) is 51.1 Å². The molecule has 0 bridgehead atoms. The van der Waals surface area contributed by atoms with Crippen molar-refractivity contribution in [3.63, 3.8) is 0 Å². The van der Waals surface area contributed by atoms with Crippen LogP contribution in [0.3, 0.4) is 0 Å². The van der Waals surface area contributed by atoms with Crippen LogP contribution in [0.4, 0.5) is 5.69 Å². The van der Waals surface area contributed by atoms with Gasteiger partial charge in [0.1, 0.15) is 0 Å². The van der Waals surface area contributed by atoms with Crippen LogP contribution in [0.5, 0.6) is 0 Å². The van der Waals surface area contributed by atoms with Crippen LogP contribution in [0.25, 0.3) is 0 Å². The second kappa shape index (κ2) is 9.25. The average molecular weight is 434 g/mol. The van der Waals surface area contributed by atoms with Crippen molar-refractivity contribution in [2.24, 2.45) is 11.8 Å². The first-order chi connectivity index (χ1) is 15.4. The lowest BCUT2D eigenvalue weighted by atomic mass is 9.84. The number of rotatable bonds is 6. The summed E-state index contributed by atoms with van der Waals surface area (Å²) in [6.45, 7) is 8.94. The number of carbonyl (C=O) groups is 3. The largest absolute Gasteiger partial charge is 0.309 e. The quantitative estimate of drug-likeness (QED) is 0.652. The van der Waals surface area contributed by atoms with Crippen LogP contribution in [0.2, 0.25) is 0 Å². The van der Waals surface area contributed by atoms with Crippen molar-refractivity contribution in [2.75, 3.05) is 31.1 Å². The Hall–Kier alpha value is -2.99. The summed E-state index contributed by atoms with van der Waals surface area (Å²) in [4.78, 5) is 43.9. The van der Waals surface area contributed by atoms with Crippen molar-refractivity contribution in [1.82, 2.24) is 9.80 Å². The third-order valence-electron chi connectivity index (χ3n) is 6.68. The van der Waals surface area contributed by atoms with Crippen LogP contribution in [0.1, 0.15) is 47.9 Å². The zero-order valence-electron chi connectivity index (χ0n) is 19.0. The van der Waals surface area contributed by atoms with E-state index in [1.54, 1.807) is 24.3 Å². The van der Waals surface area contributed by atoms with E-state index in [2.05, 4.69) is 18.7 Å². The molecule has 4 rings (SSSR count). The predicted octanol–water partition coefficient (Wildman–Crippen LogP) is 3.68. The second-order valence-corrected chi connectivity index (χ2v) is 8.97. The second-order valence-electron chi connectivity index (χ2n) is 8.97. The highest BCUT2D eigenvalue weighted by molar-refractivity contribution is 6.21. The Labute approximate surface area is 189 Å². The van der Waals surface area contributed by atoms with Gasteiger partial charge in [-0.2, -0.15) is 0 Å². The number of amides is 3. The molecule has 1 fully saturated rings. The van der Waals surface area contributed by atoms with Crippen molar-refractivity contribution in [3.05, 3.63) is 65.7 Å². The Morgan fingerprint density at radius 1 is 0.875 bits per heavy atom. The van der Waals surface area contributed by atoms with Crippen molar-refractivity contribution < 1.29 is 14.4 Å². The van der Waals surface area contributed by atoms with E-state index in [1.807, 2.05) is 42.2 Å². The molecule has 1 saturated heterocycles. The molecule has 0 spiro atoms. The third kappa shape index (κ3) is 4.07. The molecule has 2 aromatic rings. The van der Waals surface area contributed by atoms with Crippen molar-refractivity contribution in [3.8, 4) is 0 Å². The Morgan fingerprint density at radius 2 is 1.41 bits per heavy atom. The molecule has 0 aliphatic carbocycles. The Morgan fingerprint density at radius 3 is 1.94 bits per heavy atom. The lowest BCUT2D eigenvalue weighted by Gasteiger charge is -2.46. The number of fused-ring (bicyclic) bond motifs is 1. The standard InChI is InChI=1S/C26H31N3O3/c1-4-23(30)29(20-10-6-5-7-11-20)24-18(2)16-27(17-19(24)3)14-15-28-25(31)21-12-8-9-13-22(21)26(28)32/h5-13,18-19,24H,4,14-17H2,1-3H3. The number of benzene rings is 2. The summed E-state index contributed by atoms with van der Waals surface area (Å²) in [6, 6.07) is 17.0. The number of anilines is 1. The van der Waals surface area contributed by atoms with E-state index in [1.165, 1.54) is 4.90 Å². The minimum atomic E-state index is -0.203. The summed E-state index contributed by atoms with van der Waals surface area (Å²) in [5.41, 5.74) is 1.94. The number of likely N-dealkylation sites (tertiary alicyclic amines) is 1. The van der Waals surface area contributed by atoms with Gasteiger partial charge in [0.2, 0.25) is 5.91 Å². The van der Waals surface area contributed by atoms with Gasteiger partial charge in [-0.05, 0) is 36.1 Å². The van der Waals surface area contributed by atoms with Gasteiger partial charge in [-0.25, -0.2) is 0 Å². The molecule has 2 aromatic carbocycles. The molecule has 2 aliphatic heterocycles. The summed E-state index contributed by atoms with van der Waals surface area (Å²) in [5.74, 6) is 0.253. The predicted molar refractivity (Wildman–Crippen MR) is 125 cm³/mol. The average Bonchev–Trinajstić information content (AvgIpc) is 3.04. The molecule has 2 heterocycles. The first-order valence-electron chi connectivity index (χ1n) is 11.5. The van der Waals surface area contributed by atoms with Crippen LogP contribution in [0, 0.1) is 11.8 Å². The number of hydrogen-bond donors (Lipinski definition) is 0. The van der Waals surface area contributed by atoms with Gasteiger partial charge in [0.05, 0.1) is 11.1 Å². The van der Waals surface area contributed by atoms with E-state index in [0.717, 1.165) is 18.8 Å². The smallest absolute Gasteiger partial charge is 0.261 e. The maximum Gasteiger partial charge on any atom is 0.261 e. The molecule has 6 nitrogen and oxygen atoms in total. The fourth-order valence-corrected chi connectivity index (χ4v) is 5.28. The molecule has 0 N–H and O–H groups in total. The van der Waals surface area contributed by atoms with Crippen molar-refractivity contribution in [2.45, 2.75) is 33.2 Å². The normalized spacial score (nSPS) is 23.3. The minimum absolute atomic E-state index is 0.111. The fourth-order valence-electron chi connectivity index (χ4n) is 5.28. The number of carbonyl (C=O) groups excluding carboxylic acids is 3. The molecule has 0 radical (unpaired) electrons. The SMILES string of the molecule is CCC(=O)N(c1ccccc1)C1C(C)CN(CCN2C(=O)c3ccccc3C2=O)CC1C. The number of piperidine rings is 1. The Balaban J connectivity index is 1.44. The molecule has 2 aliphatic rings. The molecular formula is C26H31N3O3. The highest BCUT2D eigenvalue weighted by Crippen LogP contribution is 2.31.